The minimum atomic E-state index is -0.105. The maximum absolute atomic E-state index is 7.17. The molecule has 0 saturated heterocycles. The first-order chi connectivity index (χ1) is 26.1. The highest BCUT2D eigenvalue weighted by Crippen LogP contribution is 2.53. The van der Waals surface area contributed by atoms with Crippen molar-refractivity contribution in [3.05, 3.63) is 187 Å². The lowest BCUT2D eigenvalue weighted by Crippen LogP contribution is -2.14. The fraction of sp³-hybridized carbons (Fsp3) is 0.0588. The van der Waals surface area contributed by atoms with Crippen LogP contribution in [0.3, 0.4) is 0 Å². The smallest absolute Gasteiger partial charge is 0.159 e. The van der Waals surface area contributed by atoms with Gasteiger partial charge in [0.05, 0.1) is 5.69 Å². The SMILES string of the molecule is CC1(C)c2ccccc2-c2c1ccc1c2oc2c(N(c3ccc(-c4ccccc4)cc3)c3ccc4c5ccccc5c5ccccc5c4c3)cccc21. The van der Waals surface area contributed by atoms with Crippen LogP contribution in [0, 0.1) is 0 Å². The van der Waals surface area contributed by atoms with Gasteiger partial charge in [-0.15, -0.1) is 0 Å². The zero-order valence-corrected chi connectivity index (χ0v) is 29.6. The second-order valence-electron chi connectivity index (χ2n) is 14.9. The largest absolute Gasteiger partial charge is 0.453 e. The minimum Gasteiger partial charge on any atom is -0.453 e. The Bertz CT molecular complexity index is 3040. The molecule has 1 aliphatic rings. The predicted molar refractivity (Wildman–Crippen MR) is 224 cm³/mol. The van der Waals surface area contributed by atoms with Crippen molar-refractivity contribution in [2.75, 3.05) is 4.90 Å². The topological polar surface area (TPSA) is 16.4 Å². The Kier molecular flexibility index (Phi) is 6.33. The summed E-state index contributed by atoms with van der Waals surface area (Å²) in [6.45, 7) is 4.65. The quantitative estimate of drug-likeness (QED) is 0.172. The van der Waals surface area contributed by atoms with Crippen LogP contribution in [0.4, 0.5) is 17.1 Å². The van der Waals surface area contributed by atoms with Crippen molar-refractivity contribution in [1.82, 2.24) is 0 Å². The highest BCUT2D eigenvalue weighted by molar-refractivity contribution is 6.26. The summed E-state index contributed by atoms with van der Waals surface area (Å²) >= 11 is 0. The van der Waals surface area contributed by atoms with Crippen LogP contribution in [0.1, 0.15) is 25.0 Å². The molecule has 0 fully saturated rings. The summed E-state index contributed by atoms with van der Waals surface area (Å²) in [5.74, 6) is 0. The summed E-state index contributed by atoms with van der Waals surface area (Å²) < 4.78 is 7.17. The number of benzene rings is 9. The van der Waals surface area contributed by atoms with Gasteiger partial charge in [0.15, 0.2) is 5.58 Å². The van der Waals surface area contributed by atoms with E-state index >= 15 is 0 Å². The maximum Gasteiger partial charge on any atom is 0.159 e. The van der Waals surface area contributed by atoms with Crippen molar-refractivity contribution in [1.29, 1.82) is 0 Å². The Morgan fingerprint density at radius 2 is 0.943 bits per heavy atom. The fourth-order valence-electron chi connectivity index (χ4n) is 9.10. The van der Waals surface area contributed by atoms with Gasteiger partial charge < -0.3 is 9.32 Å². The predicted octanol–water partition coefficient (Wildman–Crippen LogP) is 14.5. The van der Waals surface area contributed by atoms with Crippen LogP contribution >= 0.6 is 0 Å². The van der Waals surface area contributed by atoms with Gasteiger partial charge in [-0.3, -0.25) is 0 Å². The van der Waals surface area contributed by atoms with E-state index in [0.717, 1.165) is 39.0 Å². The van der Waals surface area contributed by atoms with Crippen LogP contribution < -0.4 is 4.90 Å². The van der Waals surface area contributed by atoms with Gasteiger partial charge >= 0.3 is 0 Å². The lowest BCUT2D eigenvalue weighted by atomic mass is 9.82. The van der Waals surface area contributed by atoms with Crippen molar-refractivity contribution in [3.63, 3.8) is 0 Å². The molecule has 2 heteroatoms. The lowest BCUT2D eigenvalue weighted by molar-refractivity contribution is 0.653. The van der Waals surface area contributed by atoms with E-state index in [2.05, 4.69) is 195 Å². The van der Waals surface area contributed by atoms with Gasteiger partial charge in [0, 0.05) is 33.1 Å². The van der Waals surface area contributed by atoms with Crippen LogP contribution in [-0.2, 0) is 5.41 Å². The van der Waals surface area contributed by atoms with Gasteiger partial charge in [-0.25, -0.2) is 0 Å². The summed E-state index contributed by atoms with van der Waals surface area (Å²) in [5.41, 5.74) is 12.4. The average Bonchev–Trinajstić information content (AvgIpc) is 3.71. The Labute approximate surface area is 308 Å². The molecule has 53 heavy (non-hydrogen) atoms. The molecule has 0 saturated carbocycles. The summed E-state index contributed by atoms with van der Waals surface area (Å²) in [4.78, 5) is 2.38. The third kappa shape index (κ3) is 4.33. The lowest BCUT2D eigenvalue weighted by Gasteiger charge is -2.26. The number of hydrogen-bond acceptors (Lipinski definition) is 2. The molecular formula is C51H35NO. The van der Waals surface area contributed by atoms with Crippen molar-refractivity contribution in [2.24, 2.45) is 0 Å². The highest BCUT2D eigenvalue weighted by atomic mass is 16.3. The summed E-state index contributed by atoms with van der Waals surface area (Å²) in [5, 5.41) is 9.81. The van der Waals surface area contributed by atoms with Crippen LogP contribution in [0.15, 0.2) is 180 Å². The molecule has 0 atom stereocenters. The average molecular weight is 678 g/mol. The normalized spacial score (nSPS) is 13.2. The van der Waals surface area contributed by atoms with Gasteiger partial charge in [0.25, 0.3) is 0 Å². The number of furan rings is 1. The molecule has 0 unspecified atom stereocenters. The fourth-order valence-corrected chi connectivity index (χ4v) is 9.10. The van der Waals surface area contributed by atoms with E-state index in [-0.39, 0.29) is 5.41 Å². The second kappa shape index (κ2) is 11.2. The minimum absolute atomic E-state index is 0.105. The molecule has 250 valence electrons. The Balaban J connectivity index is 1.18. The van der Waals surface area contributed by atoms with Crippen LogP contribution in [-0.4, -0.2) is 0 Å². The standard InChI is InChI=1S/C51H35NO/c1-51(2)45-21-11-10-19-43(45)48-46(51)30-29-42-41-20-12-22-47(49(41)53-50(42)48)52(34-25-23-33(24-26-34)32-13-4-3-5-14-32)35-27-28-40-38-17-7-6-15-36(38)37-16-8-9-18-39(37)44(40)31-35/h3-31H,1-2H3. The molecule has 11 rings (SSSR count). The first-order valence-corrected chi connectivity index (χ1v) is 18.4. The Morgan fingerprint density at radius 1 is 0.396 bits per heavy atom. The van der Waals surface area contributed by atoms with E-state index in [1.807, 2.05) is 0 Å². The van der Waals surface area contributed by atoms with Crippen LogP contribution in [0.2, 0.25) is 0 Å². The monoisotopic (exact) mass is 677 g/mol. The van der Waals surface area contributed by atoms with E-state index in [0.29, 0.717) is 0 Å². The van der Waals surface area contributed by atoms with Gasteiger partial charge in [-0.05, 0) is 90.5 Å². The molecule has 0 aliphatic heterocycles. The maximum atomic E-state index is 7.17. The molecule has 10 aromatic rings. The number of para-hydroxylation sites is 1. The number of nitrogens with zero attached hydrogens (tertiary/aromatic N) is 1. The van der Waals surface area contributed by atoms with Gasteiger partial charge in [-0.2, -0.15) is 0 Å². The first kappa shape index (κ1) is 30.0. The first-order valence-electron chi connectivity index (χ1n) is 18.4. The van der Waals surface area contributed by atoms with Crippen molar-refractivity contribution < 1.29 is 4.42 Å². The van der Waals surface area contributed by atoms with Gasteiger partial charge in [-0.1, -0.05) is 159 Å². The van der Waals surface area contributed by atoms with Crippen molar-refractivity contribution in [2.45, 2.75) is 19.3 Å². The zero-order valence-electron chi connectivity index (χ0n) is 29.6. The summed E-state index contributed by atoms with van der Waals surface area (Å²) in [6, 6.07) is 64.0. The third-order valence-corrected chi connectivity index (χ3v) is 11.6. The number of hydrogen-bond donors (Lipinski definition) is 0. The number of rotatable bonds is 4. The summed E-state index contributed by atoms with van der Waals surface area (Å²) in [7, 11) is 0. The molecule has 0 N–H and O–H groups in total. The molecule has 1 aliphatic carbocycles. The molecule has 0 spiro atoms. The van der Waals surface area contributed by atoms with E-state index < -0.39 is 0 Å². The molecule has 1 heterocycles. The van der Waals surface area contributed by atoms with Gasteiger partial charge in [0.2, 0.25) is 0 Å². The van der Waals surface area contributed by atoms with E-state index in [9.17, 15) is 0 Å². The third-order valence-electron chi connectivity index (χ3n) is 11.6. The van der Waals surface area contributed by atoms with Crippen LogP contribution in [0.5, 0.6) is 0 Å². The second-order valence-corrected chi connectivity index (χ2v) is 14.9. The number of fused-ring (bicyclic) bond motifs is 13. The molecular weight excluding hydrogens is 643 g/mol. The van der Waals surface area contributed by atoms with Crippen molar-refractivity contribution >= 4 is 71.3 Å². The number of anilines is 3. The van der Waals surface area contributed by atoms with E-state index in [4.69, 9.17) is 4.42 Å². The highest BCUT2D eigenvalue weighted by Gasteiger charge is 2.37. The summed E-state index contributed by atoms with van der Waals surface area (Å²) in [6.07, 6.45) is 0. The molecule has 0 radical (unpaired) electrons. The van der Waals surface area contributed by atoms with Crippen LogP contribution in [0.25, 0.3) is 76.5 Å². The Morgan fingerprint density at radius 3 is 1.68 bits per heavy atom. The molecule has 0 bridgehead atoms. The zero-order chi connectivity index (χ0) is 35.3. The van der Waals surface area contributed by atoms with E-state index in [1.165, 1.54) is 65.7 Å². The van der Waals surface area contributed by atoms with E-state index in [1.54, 1.807) is 0 Å². The van der Waals surface area contributed by atoms with Crippen molar-refractivity contribution in [3.8, 4) is 22.3 Å². The molecule has 1 aromatic heterocycles. The molecule has 2 nitrogen and oxygen atoms in total. The molecule has 9 aromatic carbocycles. The molecule has 0 amide bonds. The Hall–Kier alpha value is -6.64. The van der Waals surface area contributed by atoms with Gasteiger partial charge in [0.1, 0.15) is 5.58 Å².